The normalized spacial score (nSPS) is 19.8. The van der Waals surface area contributed by atoms with Crippen molar-refractivity contribution in [3.8, 4) is 0 Å². The van der Waals surface area contributed by atoms with E-state index in [4.69, 9.17) is 32.7 Å². The van der Waals surface area contributed by atoms with E-state index in [2.05, 4.69) is 0 Å². The Morgan fingerprint density at radius 1 is 1.35 bits per heavy atom. The van der Waals surface area contributed by atoms with Gasteiger partial charge in [-0.2, -0.15) is 0 Å². The van der Waals surface area contributed by atoms with Crippen LogP contribution in [0.25, 0.3) is 0 Å². The van der Waals surface area contributed by atoms with Gasteiger partial charge in [-0.1, -0.05) is 29.3 Å². The number of rotatable bonds is 5. The Labute approximate surface area is 129 Å². The molecule has 1 saturated heterocycles. The average Bonchev–Trinajstić information content (AvgIpc) is 2.43. The molecule has 1 heterocycles. The minimum absolute atomic E-state index is 0.454. The molecule has 0 spiro atoms. The van der Waals surface area contributed by atoms with Crippen molar-refractivity contribution < 1.29 is 14.6 Å². The highest BCUT2D eigenvalue weighted by Gasteiger charge is 2.40. The minimum atomic E-state index is -0.606. The highest BCUT2D eigenvalue weighted by molar-refractivity contribution is 6.35. The highest BCUT2D eigenvalue weighted by atomic mass is 35.5. The molecular formula is C15H20Cl2O3. The zero-order chi connectivity index (χ0) is 14.6. The molecule has 1 atom stereocenters. The van der Waals surface area contributed by atoms with Gasteiger partial charge in [0.1, 0.15) is 0 Å². The van der Waals surface area contributed by atoms with Crippen molar-refractivity contribution in [2.24, 2.45) is 0 Å². The fourth-order valence-electron chi connectivity index (χ4n) is 2.66. The third-order valence-corrected chi connectivity index (χ3v) is 4.39. The lowest BCUT2D eigenvalue weighted by atomic mass is 9.84. The zero-order valence-corrected chi connectivity index (χ0v) is 13.1. The third-order valence-electron chi connectivity index (χ3n) is 3.81. The van der Waals surface area contributed by atoms with Crippen molar-refractivity contribution in [3.63, 3.8) is 0 Å². The summed E-state index contributed by atoms with van der Waals surface area (Å²) in [6.07, 6.45) is 1.25. The lowest BCUT2D eigenvalue weighted by molar-refractivity contribution is -0.165. The molecule has 1 N–H and O–H groups in total. The Morgan fingerprint density at radius 3 is 2.65 bits per heavy atom. The van der Waals surface area contributed by atoms with E-state index < -0.39 is 11.7 Å². The maximum atomic E-state index is 10.6. The Hall–Kier alpha value is -0.320. The molecule has 0 radical (unpaired) electrons. The molecule has 1 aliphatic heterocycles. The first-order valence-electron chi connectivity index (χ1n) is 6.91. The lowest BCUT2D eigenvalue weighted by Crippen LogP contribution is -2.50. The maximum Gasteiger partial charge on any atom is 0.0987 e. The quantitative estimate of drug-likeness (QED) is 0.903. The van der Waals surface area contributed by atoms with Crippen LogP contribution in [0.4, 0.5) is 0 Å². The molecule has 20 heavy (non-hydrogen) atoms. The Bertz CT molecular complexity index is 439. The summed E-state index contributed by atoms with van der Waals surface area (Å²) >= 11 is 12.1. The highest BCUT2D eigenvalue weighted by Crippen LogP contribution is 2.32. The van der Waals surface area contributed by atoms with Crippen molar-refractivity contribution in [2.75, 3.05) is 19.8 Å². The largest absolute Gasteiger partial charge is 0.390 e. The van der Waals surface area contributed by atoms with Crippen molar-refractivity contribution >= 4 is 23.2 Å². The van der Waals surface area contributed by atoms with Gasteiger partial charge in [-0.3, -0.25) is 0 Å². The average molecular weight is 319 g/mol. The van der Waals surface area contributed by atoms with Crippen LogP contribution < -0.4 is 0 Å². The number of halogens is 2. The first kappa shape index (κ1) is 16.1. The van der Waals surface area contributed by atoms with Crippen LogP contribution in [0, 0.1) is 0 Å². The van der Waals surface area contributed by atoms with Gasteiger partial charge in [0.05, 0.1) is 11.7 Å². The number of hydrogen-bond donors (Lipinski definition) is 1. The van der Waals surface area contributed by atoms with Crippen LogP contribution in [0.1, 0.15) is 25.3 Å². The van der Waals surface area contributed by atoms with Gasteiger partial charge < -0.3 is 14.6 Å². The van der Waals surface area contributed by atoms with Gasteiger partial charge in [-0.15, -0.1) is 0 Å². The summed E-state index contributed by atoms with van der Waals surface area (Å²) in [4.78, 5) is 0. The molecule has 5 heteroatoms. The molecule has 0 aliphatic carbocycles. The minimum Gasteiger partial charge on any atom is -0.390 e. The van der Waals surface area contributed by atoms with Gasteiger partial charge in [0, 0.05) is 49.1 Å². The van der Waals surface area contributed by atoms with Gasteiger partial charge in [0.2, 0.25) is 0 Å². The fraction of sp³-hybridized carbons (Fsp3) is 0.600. The summed E-state index contributed by atoms with van der Waals surface area (Å²) in [5.74, 6) is 0. The predicted octanol–water partition coefficient (Wildman–Crippen LogP) is 3.48. The molecule has 1 aromatic carbocycles. The maximum absolute atomic E-state index is 10.6. The van der Waals surface area contributed by atoms with Crippen LogP contribution in [0.5, 0.6) is 0 Å². The summed E-state index contributed by atoms with van der Waals surface area (Å²) in [7, 11) is 0. The summed E-state index contributed by atoms with van der Waals surface area (Å²) in [5.41, 5.74) is 0.352. The van der Waals surface area contributed by atoms with Crippen LogP contribution in [-0.4, -0.2) is 36.6 Å². The summed E-state index contributed by atoms with van der Waals surface area (Å²) in [6, 6.07) is 5.34. The second kappa shape index (κ2) is 7.10. The lowest BCUT2D eigenvalue weighted by Gasteiger charge is -2.40. The van der Waals surface area contributed by atoms with Crippen LogP contribution in [-0.2, 0) is 15.9 Å². The molecule has 1 aromatic rings. The Morgan fingerprint density at radius 2 is 2.05 bits per heavy atom. The van der Waals surface area contributed by atoms with Crippen LogP contribution in [0.3, 0.4) is 0 Å². The van der Waals surface area contributed by atoms with Crippen molar-refractivity contribution in [1.29, 1.82) is 0 Å². The van der Waals surface area contributed by atoms with E-state index in [0.29, 0.717) is 49.1 Å². The van der Waals surface area contributed by atoms with E-state index in [9.17, 15) is 5.11 Å². The van der Waals surface area contributed by atoms with Gasteiger partial charge >= 0.3 is 0 Å². The number of benzene rings is 1. The summed E-state index contributed by atoms with van der Waals surface area (Å²) in [6.45, 7) is 3.75. The molecule has 1 fully saturated rings. The smallest absolute Gasteiger partial charge is 0.0987 e. The second-order valence-electron chi connectivity index (χ2n) is 5.07. The molecule has 3 nitrogen and oxygen atoms in total. The first-order valence-corrected chi connectivity index (χ1v) is 7.66. The molecule has 0 saturated carbocycles. The first-order chi connectivity index (χ1) is 9.57. The van der Waals surface area contributed by atoms with Crippen molar-refractivity contribution in [3.05, 3.63) is 33.8 Å². The van der Waals surface area contributed by atoms with Crippen molar-refractivity contribution in [1.82, 2.24) is 0 Å². The van der Waals surface area contributed by atoms with Crippen LogP contribution >= 0.6 is 23.2 Å². The second-order valence-corrected chi connectivity index (χ2v) is 5.91. The molecule has 0 aromatic heterocycles. The molecular weight excluding hydrogens is 299 g/mol. The van der Waals surface area contributed by atoms with Gasteiger partial charge in [0.25, 0.3) is 0 Å². The molecule has 2 rings (SSSR count). The fourth-order valence-corrected chi connectivity index (χ4v) is 3.15. The van der Waals surface area contributed by atoms with Crippen molar-refractivity contribution in [2.45, 2.75) is 37.9 Å². The zero-order valence-electron chi connectivity index (χ0n) is 11.6. The monoisotopic (exact) mass is 318 g/mol. The standard InChI is InChI=1S/C15H20Cl2O3/c1-2-20-15(5-7-19-8-6-15)14(18)9-11-3-4-12(16)10-13(11)17/h3-4,10,14,18H,2,5-9H2,1H3. The van der Waals surface area contributed by atoms with E-state index in [1.807, 2.05) is 13.0 Å². The van der Waals surface area contributed by atoms with E-state index in [1.54, 1.807) is 12.1 Å². The number of hydrogen-bond acceptors (Lipinski definition) is 3. The summed E-state index contributed by atoms with van der Waals surface area (Å²) in [5, 5.41) is 11.8. The van der Waals surface area contributed by atoms with E-state index >= 15 is 0 Å². The van der Waals surface area contributed by atoms with E-state index in [1.165, 1.54) is 0 Å². The van der Waals surface area contributed by atoms with Gasteiger partial charge in [-0.25, -0.2) is 0 Å². The molecule has 0 bridgehead atoms. The topological polar surface area (TPSA) is 38.7 Å². The number of aliphatic hydroxyl groups excluding tert-OH is 1. The molecule has 112 valence electrons. The Balaban J connectivity index is 2.13. The predicted molar refractivity (Wildman–Crippen MR) is 80.6 cm³/mol. The third kappa shape index (κ3) is 3.66. The summed E-state index contributed by atoms with van der Waals surface area (Å²) < 4.78 is 11.2. The molecule has 1 unspecified atom stereocenters. The van der Waals surface area contributed by atoms with Crippen LogP contribution in [0.15, 0.2) is 18.2 Å². The number of aliphatic hydroxyl groups is 1. The van der Waals surface area contributed by atoms with E-state index in [-0.39, 0.29) is 0 Å². The van der Waals surface area contributed by atoms with Crippen LogP contribution in [0.2, 0.25) is 10.0 Å². The Kier molecular flexibility index (Phi) is 5.70. The molecule has 1 aliphatic rings. The number of ether oxygens (including phenoxy) is 2. The molecule has 0 amide bonds. The van der Waals surface area contributed by atoms with Gasteiger partial charge in [0.15, 0.2) is 0 Å². The van der Waals surface area contributed by atoms with Gasteiger partial charge in [-0.05, 0) is 24.6 Å². The van der Waals surface area contributed by atoms with E-state index in [0.717, 1.165) is 5.56 Å². The SMILES string of the molecule is CCOC1(C(O)Cc2ccc(Cl)cc2Cl)CCOCC1.